The average molecular weight is 276 g/mol. The highest BCUT2D eigenvalue weighted by Gasteiger charge is 2.39. The molecule has 0 radical (unpaired) electrons. The molecule has 2 atom stereocenters. The maximum absolute atomic E-state index is 12.0. The Labute approximate surface area is 116 Å². The highest BCUT2D eigenvalue weighted by molar-refractivity contribution is 5.90. The van der Waals surface area contributed by atoms with Gasteiger partial charge in [-0.25, -0.2) is 0 Å². The van der Waals surface area contributed by atoms with Crippen LogP contribution in [0.4, 0.5) is 0 Å². The number of hydrogen-bond donors (Lipinski definition) is 1. The number of ketones is 1. The molecule has 1 N–H and O–H groups in total. The molecule has 20 heavy (non-hydrogen) atoms. The first-order valence-corrected chi connectivity index (χ1v) is 6.53. The van der Waals surface area contributed by atoms with E-state index in [2.05, 4.69) is 0 Å². The minimum atomic E-state index is -1.11. The minimum Gasteiger partial charge on any atom is -0.481 e. The molecule has 5 heteroatoms. The van der Waals surface area contributed by atoms with E-state index in [1.54, 1.807) is 0 Å². The van der Waals surface area contributed by atoms with Crippen molar-refractivity contribution in [2.45, 2.75) is 25.9 Å². The number of carboxylic acid groups (broad SMARTS) is 1. The predicted octanol–water partition coefficient (Wildman–Crippen LogP) is 1.80. The summed E-state index contributed by atoms with van der Waals surface area (Å²) in [6.45, 7) is 0.121. The van der Waals surface area contributed by atoms with Crippen LogP contribution in [0.2, 0.25) is 0 Å². The number of rotatable bonds is 4. The summed E-state index contributed by atoms with van der Waals surface area (Å²) in [5, 5.41) is 9.10. The molecule has 1 aliphatic rings. The standard InChI is InChI=1S/C15H16O5/c16-11-6-7-12(13(8-11)14(17)18)15(19)20-9-10-4-2-1-3-5-10/h1-5,12-13H,6-9H2,(H,17,18)/t12-,13-/m1/s1. The van der Waals surface area contributed by atoms with Gasteiger partial charge in [0.2, 0.25) is 0 Å². The van der Waals surface area contributed by atoms with Gasteiger partial charge in [-0.2, -0.15) is 0 Å². The third-order valence-corrected chi connectivity index (χ3v) is 3.51. The third kappa shape index (κ3) is 3.44. The Balaban J connectivity index is 1.97. The lowest BCUT2D eigenvalue weighted by Crippen LogP contribution is -2.36. The van der Waals surface area contributed by atoms with Gasteiger partial charge in [-0.05, 0) is 12.0 Å². The van der Waals surface area contributed by atoms with Gasteiger partial charge in [0.15, 0.2) is 0 Å². The molecule has 5 nitrogen and oxygen atoms in total. The van der Waals surface area contributed by atoms with E-state index in [0.717, 1.165) is 5.56 Å². The molecule has 1 aromatic carbocycles. The van der Waals surface area contributed by atoms with Crippen LogP contribution >= 0.6 is 0 Å². The van der Waals surface area contributed by atoms with E-state index in [1.165, 1.54) is 0 Å². The van der Waals surface area contributed by atoms with Crippen molar-refractivity contribution in [3.8, 4) is 0 Å². The van der Waals surface area contributed by atoms with Crippen LogP contribution in [-0.4, -0.2) is 22.8 Å². The van der Waals surface area contributed by atoms with Crippen molar-refractivity contribution in [2.24, 2.45) is 11.8 Å². The number of hydrogen-bond acceptors (Lipinski definition) is 4. The van der Waals surface area contributed by atoms with E-state index in [9.17, 15) is 14.4 Å². The van der Waals surface area contributed by atoms with E-state index >= 15 is 0 Å². The smallest absolute Gasteiger partial charge is 0.310 e. The molecule has 0 heterocycles. The molecule has 0 saturated heterocycles. The Morgan fingerprint density at radius 1 is 1.20 bits per heavy atom. The van der Waals surface area contributed by atoms with Crippen molar-refractivity contribution < 1.29 is 24.2 Å². The van der Waals surface area contributed by atoms with Crippen molar-refractivity contribution in [3.05, 3.63) is 35.9 Å². The van der Waals surface area contributed by atoms with E-state index in [0.29, 0.717) is 0 Å². The normalized spacial score (nSPS) is 22.3. The Hall–Kier alpha value is -2.17. The van der Waals surface area contributed by atoms with E-state index in [4.69, 9.17) is 9.84 Å². The fourth-order valence-corrected chi connectivity index (χ4v) is 2.38. The topological polar surface area (TPSA) is 80.7 Å². The quantitative estimate of drug-likeness (QED) is 0.848. The van der Waals surface area contributed by atoms with Crippen molar-refractivity contribution in [1.82, 2.24) is 0 Å². The summed E-state index contributed by atoms with van der Waals surface area (Å²) in [5.74, 6) is -3.44. The number of carboxylic acids is 1. The van der Waals surface area contributed by atoms with Gasteiger partial charge in [0.25, 0.3) is 0 Å². The van der Waals surface area contributed by atoms with Gasteiger partial charge in [-0.3, -0.25) is 14.4 Å². The molecule has 0 unspecified atom stereocenters. The van der Waals surface area contributed by atoms with Crippen LogP contribution in [0.25, 0.3) is 0 Å². The summed E-state index contributed by atoms with van der Waals surface area (Å²) >= 11 is 0. The molecule has 1 aliphatic carbocycles. The van der Waals surface area contributed by atoms with Crippen LogP contribution in [0, 0.1) is 11.8 Å². The van der Waals surface area contributed by atoms with Gasteiger partial charge < -0.3 is 9.84 Å². The van der Waals surface area contributed by atoms with E-state index in [-0.39, 0.29) is 31.7 Å². The molecule has 1 aromatic rings. The number of benzene rings is 1. The zero-order valence-corrected chi connectivity index (χ0v) is 11.0. The summed E-state index contributed by atoms with van der Waals surface area (Å²) in [6.07, 6.45) is 0.415. The number of Topliss-reactive ketones (excluding diaryl/α,β-unsaturated/α-hetero) is 1. The maximum Gasteiger partial charge on any atom is 0.310 e. The van der Waals surface area contributed by atoms with E-state index in [1.807, 2.05) is 30.3 Å². The van der Waals surface area contributed by atoms with Crippen molar-refractivity contribution in [3.63, 3.8) is 0 Å². The molecule has 0 amide bonds. The van der Waals surface area contributed by atoms with Gasteiger partial charge in [-0.1, -0.05) is 30.3 Å². The molecule has 1 fully saturated rings. The fourth-order valence-electron chi connectivity index (χ4n) is 2.38. The number of aliphatic carboxylic acids is 1. The predicted molar refractivity (Wildman–Crippen MR) is 69.7 cm³/mol. The highest BCUT2D eigenvalue weighted by atomic mass is 16.5. The van der Waals surface area contributed by atoms with Crippen LogP contribution in [0.15, 0.2) is 30.3 Å². The molecule has 0 bridgehead atoms. The van der Waals surface area contributed by atoms with Gasteiger partial charge in [0.1, 0.15) is 12.4 Å². The summed E-state index contributed by atoms with van der Waals surface area (Å²) < 4.78 is 5.17. The van der Waals surface area contributed by atoms with Crippen LogP contribution in [0.5, 0.6) is 0 Å². The molecular weight excluding hydrogens is 260 g/mol. The molecular formula is C15H16O5. The Kier molecular flexibility index (Phi) is 4.50. The fraction of sp³-hybridized carbons (Fsp3) is 0.400. The van der Waals surface area contributed by atoms with E-state index < -0.39 is 23.8 Å². The average Bonchev–Trinajstić information content (AvgIpc) is 2.45. The first-order chi connectivity index (χ1) is 9.58. The second-order valence-corrected chi connectivity index (χ2v) is 4.93. The number of carbonyl (C=O) groups excluding carboxylic acids is 2. The van der Waals surface area contributed by atoms with Gasteiger partial charge in [0.05, 0.1) is 11.8 Å². The zero-order chi connectivity index (χ0) is 14.5. The first-order valence-electron chi connectivity index (χ1n) is 6.53. The molecule has 0 aromatic heterocycles. The third-order valence-electron chi connectivity index (χ3n) is 3.51. The monoisotopic (exact) mass is 276 g/mol. The van der Waals surface area contributed by atoms with Crippen LogP contribution < -0.4 is 0 Å². The molecule has 0 aliphatic heterocycles. The lowest BCUT2D eigenvalue weighted by Gasteiger charge is -2.25. The van der Waals surface area contributed by atoms with Crippen LogP contribution in [0.3, 0.4) is 0 Å². The molecule has 2 rings (SSSR count). The van der Waals surface area contributed by atoms with Crippen molar-refractivity contribution >= 4 is 17.7 Å². The minimum absolute atomic E-state index is 0.0829. The van der Waals surface area contributed by atoms with Gasteiger partial charge in [0, 0.05) is 12.8 Å². The Morgan fingerprint density at radius 2 is 1.90 bits per heavy atom. The second kappa shape index (κ2) is 6.32. The van der Waals surface area contributed by atoms with Crippen LogP contribution in [-0.2, 0) is 25.7 Å². The highest BCUT2D eigenvalue weighted by Crippen LogP contribution is 2.29. The zero-order valence-electron chi connectivity index (χ0n) is 11.0. The number of esters is 1. The summed E-state index contributed by atoms with van der Waals surface area (Å²) in [6, 6.07) is 9.18. The van der Waals surface area contributed by atoms with Crippen molar-refractivity contribution in [1.29, 1.82) is 0 Å². The van der Waals surface area contributed by atoms with Gasteiger partial charge in [-0.15, -0.1) is 0 Å². The SMILES string of the molecule is O=C1CC[C@@H](C(=O)OCc2ccccc2)[C@H](C(=O)O)C1. The molecule has 0 spiro atoms. The van der Waals surface area contributed by atoms with Crippen molar-refractivity contribution in [2.75, 3.05) is 0 Å². The van der Waals surface area contributed by atoms with Crippen LogP contribution in [0.1, 0.15) is 24.8 Å². The number of carbonyl (C=O) groups is 3. The lowest BCUT2D eigenvalue weighted by molar-refractivity contribution is -0.161. The van der Waals surface area contributed by atoms with Gasteiger partial charge >= 0.3 is 11.9 Å². The largest absolute Gasteiger partial charge is 0.481 e. The molecule has 106 valence electrons. The Morgan fingerprint density at radius 3 is 2.55 bits per heavy atom. The summed E-state index contributed by atoms with van der Waals surface area (Å²) in [7, 11) is 0. The molecule has 1 saturated carbocycles. The summed E-state index contributed by atoms with van der Waals surface area (Å²) in [5.41, 5.74) is 0.847. The Bertz CT molecular complexity index is 508. The lowest BCUT2D eigenvalue weighted by atomic mass is 9.78. The number of ether oxygens (including phenoxy) is 1. The maximum atomic E-state index is 12.0. The summed E-state index contributed by atoms with van der Waals surface area (Å²) in [4.78, 5) is 34.4. The second-order valence-electron chi connectivity index (χ2n) is 4.93. The first kappa shape index (κ1) is 14.2.